The van der Waals surface area contributed by atoms with Gasteiger partial charge in [-0.15, -0.1) is 0 Å². The average Bonchev–Trinajstić information content (AvgIpc) is 2.27. The summed E-state index contributed by atoms with van der Waals surface area (Å²) in [5.41, 5.74) is 2.52. The Bertz CT molecular complexity index is 327. The normalized spacial score (nSPS) is 20.6. The number of thioether (sulfide) groups is 1. The molecule has 1 aromatic rings. The molecule has 14 heavy (non-hydrogen) atoms. The molecule has 0 saturated carbocycles. The molecule has 0 aliphatic heterocycles. The molecule has 76 valence electrons. The zero-order chi connectivity index (χ0) is 9.97. The molecule has 0 bridgehead atoms. The van der Waals surface area contributed by atoms with Crippen molar-refractivity contribution < 1.29 is 0 Å². The minimum atomic E-state index is 0.453. The van der Waals surface area contributed by atoms with E-state index in [2.05, 4.69) is 15.3 Å². The SMILES string of the molecule is CNC1CCCc2nc(SC)ncc21. The van der Waals surface area contributed by atoms with E-state index < -0.39 is 0 Å². The summed E-state index contributed by atoms with van der Waals surface area (Å²) >= 11 is 1.61. The minimum absolute atomic E-state index is 0.453. The van der Waals surface area contributed by atoms with E-state index in [9.17, 15) is 0 Å². The molecule has 0 spiro atoms. The van der Waals surface area contributed by atoms with E-state index in [1.165, 1.54) is 24.1 Å². The summed E-state index contributed by atoms with van der Waals surface area (Å²) in [4.78, 5) is 8.86. The van der Waals surface area contributed by atoms with Gasteiger partial charge in [0, 0.05) is 23.5 Å². The molecule has 0 fully saturated rings. The molecule has 1 atom stereocenters. The molecule has 0 saturated heterocycles. The van der Waals surface area contributed by atoms with Gasteiger partial charge in [-0.05, 0) is 32.6 Å². The van der Waals surface area contributed by atoms with E-state index >= 15 is 0 Å². The molecule has 1 unspecified atom stereocenters. The Hall–Kier alpha value is -0.610. The van der Waals surface area contributed by atoms with E-state index in [0.717, 1.165) is 11.6 Å². The number of hydrogen-bond donors (Lipinski definition) is 1. The minimum Gasteiger partial charge on any atom is -0.313 e. The molecule has 4 heteroatoms. The zero-order valence-corrected chi connectivity index (χ0v) is 9.40. The van der Waals surface area contributed by atoms with Crippen molar-refractivity contribution in [3.8, 4) is 0 Å². The number of rotatable bonds is 2. The first kappa shape index (κ1) is 9.93. The highest BCUT2D eigenvalue weighted by atomic mass is 32.2. The summed E-state index contributed by atoms with van der Waals surface area (Å²) in [6.07, 6.45) is 7.52. The average molecular weight is 209 g/mol. The van der Waals surface area contributed by atoms with Gasteiger partial charge in [-0.3, -0.25) is 0 Å². The summed E-state index contributed by atoms with van der Waals surface area (Å²) in [7, 11) is 2.00. The van der Waals surface area contributed by atoms with Crippen molar-refractivity contribution in [2.24, 2.45) is 0 Å². The van der Waals surface area contributed by atoms with Gasteiger partial charge in [-0.2, -0.15) is 0 Å². The van der Waals surface area contributed by atoms with Crippen LogP contribution in [0.4, 0.5) is 0 Å². The van der Waals surface area contributed by atoms with Gasteiger partial charge in [0.1, 0.15) is 0 Å². The van der Waals surface area contributed by atoms with E-state index in [0.29, 0.717) is 6.04 Å². The highest BCUT2D eigenvalue weighted by molar-refractivity contribution is 7.98. The number of hydrogen-bond acceptors (Lipinski definition) is 4. The van der Waals surface area contributed by atoms with Crippen LogP contribution in [0.1, 0.15) is 30.1 Å². The maximum absolute atomic E-state index is 4.54. The van der Waals surface area contributed by atoms with E-state index in [1.807, 2.05) is 19.5 Å². The maximum atomic E-state index is 4.54. The van der Waals surface area contributed by atoms with Crippen LogP contribution in [0.25, 0.3) is 0 Å². The first-order valence-electron chi connectivity index (χ1n) is 4.92. The van der Waals surface area contributed by atoms with Crippen molar-refractivity contribution in [3.63, 3.8) is 0 Å². The third-order valence-electron chi connectivity index (χ3n) is 2.69. The van der Waals surface area contributed by atoms with Crippen LogP contribution in [0.3, 0.4) is 0 Å². The van der Waals surface area contributed by atoms with Crippen LogP contribution in [0, 0.1) is 0 Å². The van der Waals surface area contributed by atoms with Gasteiger partial charge in [-0.1, -0.05) is 11.8 Å². The Balaban J connectivity index is 2.35. The Kier molecular flexibility index (Phi) is 3.03. The highest BCUT2D eigenvalue weighted by Gasteiger charge is 2.20. The van der Waals surface area contributed by atoms with E-state index in [-0.39, 0.29) is 0 Å². The Morgan fingerprint density at radius 3 is 3.14 bits per heavy atom. The van der Waals surface area contributed by atoms with Crippen LogP contribution in [-0.4, -0.2) is 23.3 Å². The van der Waals surface area contributed by atoms with Crippen molar-refractivity contribution in [2.45, 2.75) is 30.5 Å². The van der Waals surface area contributed by atoms with Crippen molar-refractivity contribution in [3.05, 3.63) is 17.5 Å². The third-order valence-corrected chi connectivity index (χ3v) is 3.25. The number of nitrogens with zero attached hydrogens (tertiary/aromatic N) is 2. The van der Waals surface area contributed by atoms with Crippen LogP contribution >= 0.6 is 11.8 Å². The number of nitrogens with one attached hydrogen (secondary N) is 1. The number of aromatic nitrogens is 2. The monoisotopic (exact) mass is 209 g/mol. The summed E-state index contributed by atoms with van der Waals surface area (Å²) < 4.78 is 0. The van der Waals surface area contributed by atoms with Crippen LogP contribution in [-0.2, 0) is 6.42 Å². The third kappa shape index (κ3) is 1.77. The topological polar surface area (TPSA) is 37.8 Å². The van der Waals surface area contributed by atoms with Crippen LogP contribution < -0.4 is 5.32 Å². The van der Waals surface area contributed by atoms with Gasteiger partial charge >= 0.3 is 0 Å². The number of aryl methyl sites for hydroxylation is 1. The molecular weight excluding hydrogens is 194 g/mol. The molecule has 1 aliphatic rings. The second-order valence-electron chi connectivity index (χ2n) is 3.49. The molecule has 1 aromatic heterocycles. The maximum Gasteiger partial charge on any atom is 0.187 e. The lowest BCUT2D eigenvalue weighted by Crippen LogP contribution is -2.22. The van der Waals surface area contributed by atoms with Crippen LogP contribution in [0.15, 0.2) is 11.4 Å². The lowest BCUT2D eigenvalue weighted by Gasteiger charge is -2.23. The van der Waals surface area contributed by atoms with E-state index in [1.54, 1.807) is 11.8 Å². The molecule has 1 heterocycles. The number of fused-ring (bicyclic) bond motifs is 1. The van der Waals surface area contributed by atoms with Crippen LogP contribution in [0.2, 0.25) is 0 Å². The van der Waals surface area contributed by atoms with Crippen molar-refractivity contribution in [1.82, 2.24) is 15.3 Å². The fourth-order valence-electron chi connectivity index (χ4n) is 1.93. The molecule has 1 aliphatic carbocycles. The Labute approximate surface area is 88.7 Å². The zero-order valence-electron chi connectivity index (χ0n) is 8.58. The van der Waals surface area contributed by atoms with Crippen molar-refractivity contribution in [2.75, 3.05) is 13.3 Å². The fraction of sp³-hybridized carbons (Fsp3) is 0.600. The van der Waals surface area contributed by atoms with Crippen molar-refractivity contribution >= 4 is 11.8 Å². The molecule has 3 nitrogen and oxygen atoms in total. The first-order valence-corrected chi connectivity index (χ1v) is 6.14. The van der Waals surface area contributed by atoms with Gasteiger partial charge in [0.05, 0.1) is 0 Å². The molecule has 0 radical (unpaired) electrons. The summed E-state index contributed by atoms with van der Waals surface area (Å²) in [6, 6.07) is 0.453. The van der Waals surface area contributed by atoms with Gasteiger partial charge in [0.15, 0.2) is 5.16 Å². The standard InChI is InChI=1S/C10H15N3S/c1-11-8-4-3-5-9-7(8)6-12-10(13-9)14-2/h6,8,11H,3-5H2,1-2H3. The molecular formula is C10H15N3S. The Morgan fingerprint density at radius 2 is 2.43 bits per heavy atom. The van der Waals surface area contributed by atoms with Crippen LogP contribution in [0.5, 0.6) is 0 Å². The van der Waals surface area contributed by atoms with Gasteiger partial charge in [0.2, 0.25) is 0 Å². The molecule has 0 amide bonds. The van der Waals surface area contributed by atoms with E-state index in [4.69, 9.17) is 0 Å². The first-order chi connectivity index (χ1) is 6.85. The second-order valence-corrected chi connectivity index (χ2v) is 4.27. The largest absolute Gasteiger partial charge is 0.313 e. The summed E-state index contributed by atoms with van der Waals surface area (Å²) in [5.74, 6) is 0. The highest BCUT2D eigenvalue weighted by Crippen LogP contribution is 2.28. The Morgan fingerprint density at radius 1 is 1.57 bits per heavy atom. The summed E-state index contributed by atoms with van der Waals surface area (Å²) in [6.45, 7) is 0. The predicted molar refractivity (Wildman–Crippen MR) is 58.6 cm³/mol. The lowest BCUT2D eigenvalue weighted by atomic mass is 9.93. The smallest absolute Gasteiger partial charge is 0.187 e. The van der Waals surface area contributed by atoms with Gasteiger partial charge in [-0.25, -0.2) is 9.97 Å². The van der Waals surface area contributed by atoms with Crippen molar-refractivity contribution in [1.29, 1.82) is 0 Å². The predicted octanol–water partition coefficient (Wildman–Crippen LogP) is 1.80. The molecule has 0 aromatic carbocycles. The fourth-order valence-corrected chi connectivity index (χ4v) is 2.29. The lowest BCUT2D eigenvalue weighted by molar-refractivity contribution is 0.483. The molecule has 1 N–H and O–H groups in total. The van der Waals surface area contributed by atoms with Gasteiger partial charge in [0.25, 0.3) is 0 Å². The molecule has 2 rings (SSSR count). The second kappa shape index (κ2) is 4.28. The summed E-state index contributed by atoms with van der Waals surface area (Å²) in [5, 5.41) is 4.20. The van der Waals surface area contributed by atoms with Gasteiger partial charge < -0.3 is 5.32 Å². The quantitative estimate of drug-likeness (QED) is 0.595.